The highest BCUT2D eigenvalue weighted by molar-refractivity contribution is 6.07. The highest BCUT2D eigenvalue weighted by Crippen LogP contribution is 2.38. The second kappa shape index (κ2) is 10.0. The van der Waals surface area contributed by atoms with Crippen LogP contribution in [0.1, 0.15) is 55.5 Å². The van der Waals surface area contributed by atoms with E-state index in [9.17, 15) is 14.4 Å². The lowest BCUT2D eigenvalue weighted by Gasteiger charge is -2.41. The molecule has 1 unspecified atom stereocenters. The number of benzene rings is 1. The Hall–Kier alpha value is -2.41. The summed E-state index contributed by atoms with van der Waals surface area (Å²) in [5.41, 5.74) is 0.917. The molecule has 176 valence electrons. The lowest BCUT2D eigenvalue weighted by atomic mass is 9.73. The molecule has 2 aliphatic rings. The summed E-state index contributed by atoms with van der Waals surface area (Å²) in [6, 6.07) is 7.39. The number of likely N-dealkylation sites (tertiary alicyclic amines) is 1. The maximum atomic E-state index is 13.6. The number of rotatable bonds is 8. The van der Waals surface area contributed by atoms with Crippen molar-refractivity contribution in [3.8, 4) is 0 Å². The van der Waals surface area contributed by atoms with E-state index in [0.717, 1.165) is 12.0 Å². The molecule has 7 heteroatoms. The Morgan fingerprint density at radius 3 is 2.50 bits per heavy atom. The van der Waals surface area contributed by atoms with E-state index in [2.05, 4.69) is 19.2 Å². The molecule has 4 amide bonds. The Bertz CT molecular complexity index is 845. The molecule has 1 aromatic rings. The van der Waals surface area contributed by atoms with Gasteiger partial charge in [-0.2, -0.15) is 0 Å². The molecule has 0 radical (unpaired) electrons. The first-order valence-electron chi connectivity index (χ1n) is 11.8. The number of nitrogens with zero attached hydrogens (tertiary/aromatic N) is 3. The van der Waals surface area contributed by atoms with Crippen LogP contribution >= 0.6 is 0 Å². The molecule has 0 spiro atoms. The van der Waals surface area contributed by atoms with Crippen molar-refractivity contribution >= 4 is 17.8 Å². The molecular formula is C25H38N4O3. The molecular weight excluding hydrogens is 404 g/mol. The molecule has 0 aliphatic carbocycles. The van der Waals surface area contributed by atoms with Gasteiger partial charge < -0.3 is 15.1 Å². The Morgan fingerprint density at radius 1 is 1.22 bits per heavy atom. The van der Waals surface area contributed by atoms with E-state index in [1.54, 1.807) is 0 Å². The Balaban J connectivity index is 1.74. The molecule has 2 saturated heterocycles. The summed E-state index contributed by atoms with van der Waals surface area (Å²) in [4.78, 5) is 44.6. The molecule has 1 N–H and O–H groups in total. The fraction of sp³-hybridized carbons (Fsp3) is 0.640. The van der Waals surface area contributed by atoms with Crippen LogP contribution in [0.4, 0.5) is 4.79 Å². The fourth-order valence-corrected chi connectivity index (χ4v) is 4.85. The Morgan fingerprint density at radius 2 is 1.91 bits per heavy atom. The summed E-state index contributed by atoms with van der Waals surface area (Å²) in [5, 5.41) is 3.11. The number of likely N-dealkylation sites (N-methyl/N-ethyl adjacent to an activating group) is 1. The summed E-state index contributed by atoms with van der Waals surface area (Å²) < 4.78 is 0. The smallest absolute Gasteiger partial charge is 0.325 e. The number of carbonyl (C=O) groups is 3. The van der Waals surface area contributed by atoms with Crippen molar-refractivity contribution in [2.24, 2.45) is 11.8 Å². The van der Waals surface area contributed by atoms with Gasteiger partial charge >= 0.3 is 6.03 Å². The van der Waals surface area contributed by atoms with Gasteiger partial charge in [0.1, 0.15) is 5.54 Å². The SMILES string of the molecule is Cc1cccc(C(=O)N2CCC(C3(CCC(C)C)NC(=O)N(CCN(C)C)C3=O)CC2)c1. The van der Waals surface area contributed by atoms with E-state index in [1.807, 2.05) is 55.1 Å². The Kier molecular flexibility index (Phi) is 7.59. The average molecular weight is 443 g/mol. The lowest BCUT2D eigenvalue weighted by Crippen LogP contribution is -2.56. The molecule has 1 atom stereocenters. The largest absolute Gasteiger partial charge is 0.339 e. The number of aryl methyl sites for hydroxylation is 1. The second-order valence-electron chi connectivity index (χ2n) is 10.0. The van der Waals surface area contributed by atoms with Gasteiger partial charge in [0.25, 0.3) is 11.8 Å². The van der Waals surface area contributed by atoms with Crippen LogP contribution in [-0.4, -0.2) is 78.4 Å². The van der Waals surface area contributed by atoms with Gasteiger partial charge in [-0.3, -0.25) is 14.5 Å². The molecule has 2 heterocycles. The van der Waals surface area contributed by atoms with E-state index >= 15 is 0 Å². The molecule has 0 bridgehead atoms. The zero-order chi connectivity index (χ0) is 23.5. The predicted molar refractivity (Wildman–Crippen MR) is 125 cm³/mol. The van der Waals surface area contributed by atoms with Crippen LogP contribution in [0.5, 0.6) is 0 Å². The van der Waals surface area contributed by atoms with Gasteiger partial charge in [0.2, 0.25) is 0 Å². The highest BCUT2D eigenvalue weighted by atomic mass is 16.2. The van der Waals surface area contributed by atoms with Gasteiger partial charge in [0.05, 0.1) is 0 Å². The molecule has 3 rings (SSSR count). The number of nitrogens with one attached hydrogen (secondary N) is 1. The van der Waals surface area contributed by atoms with E-state index in [0.29, 0.717) is 56.9 Å². The standard InChI is InChI=1S/C25H38N4O3/c1-18(2)9-12-25(23(31)29(24(32)26-25)16-15-27(4)5)21-10-13-28(14-11-21)22(30)20-8-6-7-19(3)17-20/h6-8,17-18,21H,9-16H2,1-5H3,(H,26,32). The average Bonchev–Trinajstić information content (AvgIpc) is 3.00. The van der Waals surface area contributed by atoms with Crippen LogP contribution in [0.15, 0.2) is 24.3 Å². The van der Waals surface area contributed by atoms with Crippen LogP contribution in [0, 0.1) is 18.8 Å². The summed E-state index contributed by atoms with van der Waals surface area (Å²) in [5.74, 6) is 0.422. The normalized spacial score (nSPS) is 22.2. The van der Waals surface area contributed by atoms with E-state index in [1.165, 1.54) is 4.90 Å². The van der Waals surface area contributed by atoms with Crippen molar-refractivity contribution in [1.82, 2.24) is 20.0 Å². The zero-order valence-corrected chi connectivity index (χ0v) is 20.2. The molecule has 0 saturated carbocycles. The number of urea groups is 1. The van der Waals surface area contributed by atoms with Gasteiger partial charge in [0.15, 0.2) is 0 Å². The molecule has 2 fully saturated rings. The summed E-state index contributed by atoms with van der Waals surface area (Å²) >= 11 is 0. The minimum absolute atomic E-state index is 0.0311. The minimum Gasteiger partial charge on any atom is -0.339 e. The first-order chi connectivity index (χ1) is 15.1. The number of hydrogen-bond acceptors (Lipinski definition) is 4. The van der Waals surface area contributed by atoms with Crippen molar-refractivity contribution < 1.29 is 14.4 Å². The van der Waals surface area contributed by atoms with Gasteiger partial charge in [-0.25, -0.2) is 4.79 Å². The molecule has 0 aromatic heterocycles. The number of piperidine rings is 1. The van der Waals surface area contributed by atoms with Crippen LogP contribution < -0.4 is 5.32 Å². The second-order valence-corrected chi connectivity index (χ2v) is 10.0. The van der Waals surface area contributed by atoms with Crippen LogP contribution in [-0.2, 0) is 4.79 Å². The van der Waals surface area contributed by atoms with Crippen molar-refractivity contribution in [1.29, 1.82) is 0 Å². The van der Waals surface area contributed by atoms with Crippen LogP contribution in [0.3, 0.4) is 0 Å². The van der Waals surface area contributed by atoms with Crippen LogP contribution in [0.25, 0.3) is 0 Å². The molecule has 2 aliphatic heterocycles. The third-order valence-electron chi connectivity index (χ3n) is 6.83. The van der Waals surface area contributed by atoms with E-state index < -0.39 is 5.54 Å². The van der Waals surface area contributed by atoms with Gasteiger partial charge in [-0.1, -0.05) is 31.5 Å². The summed E-state index contributed by atoms with van der Waals surface area (Å²) in [6.07, 6.45) is 2.94. The molecule has 7 nitrogen and oxygen atoms in total. The van der Waals surface area contributed by atoms with Gasteiger partial charge in [-0.15, -0.1) is 0 Å². The number of amides is 4. The van der Waals surface area contributed by atoms with Crippen LogP contribution in [0.2, 0.25) is 0 Å². The molecule has 1 aromatic carbocycles. The predicted octanol–water partition coefficient (Wildman–Crippen LogP) is 3.14. The molecule has 32 heavy (non-hydrogen) atoms. The first-order valence-corrected chi connectivity index (χ1v) is 11.8. The van der Waals surface area contributed by atoms with Crippen molar-refractivity contribution in [3.05, 3.63) is 35.4 Å². The third kappa shape index (κ3) is 5.14. The van der Waals surface area contributed by atoms with Gasteiger partial charge in [-0.05, 0) is 70.7 Å². The maximum absolute atomic E-state index is 13.6. The summed E-state index contributed by atoms with van der Waals surface area (Å²) in [6.45, 7) is 8.50. The third-order valence-corrected chi connectivity index (χ3v) is 6.83. The first kappa shape index (κ1) is 24.2. The lowest BCUT2D eigenvalue weighted by molar-refractivity contribution is -0.134. The topological polar surface area (TPSA) is 73.0 Å². The minimum atomic E-state index is -0.855. The monoisotopic (exact) mass is 442 g/mol. The number of hydrogen-bond donors (Lipinski definition) is 1. The van der Waals surface area contributed by atoms with Gasteiger partial charge in [0, 0.05) is 31.7 Å². The van der Waals surface area contributed by atoms with Crippen molar-refractivity contribution in [3.63, 3.8) is 0 Å². The van der Waals surface area contributed by atoms with Crippen molar-refractivity contribution in [2.75, 3.05) is 40.3 Å². The summed E-state index contributed by atoms with van der Waals surface area (Å²) in [7, 11) is 3.87. The van der Waals surface area contributed by atoms with Crippen molar-refractivity contribution in [2.45, 2.75) is 52.0 Å². The van der Waals surface area contributed by atoms with E-state index in [-0.39, 0.29) is 23.8 Å². The Labute approximate surface area is 192 Å². The quantitative estimate of drug-likeness (QED) is 0.628. The highest BCUT2D eigenvalue weighted by Gasteiger charge is 2.55. The number of imide groups is 1. The maximum Gasteiger partial charge on any atom is 0.325 e. The fourth-order valence-electron chi connectivity index (χ4n) is 4.85. The van der Waals surface area contributed by atoms with E-state index in [4.69, 9.17) is 0 Å². The zero-order valence-electron chi connectivity index (χ0n) is 20.2. The number of carbonyl (C=O) groups excluding carboxylic acids is 3.